The summed E-state index contributed by atoms with van der Waals surface area (Å²) in [6, 6.07) is -0.455. The second-order valence-corrected chi connectivity index (χ2v) is 2.90. The van der Waals surface area contributed by atoms with Gasteiger partial charge in [0.05, 0.1) is 7.11 Å². The lowest BCUT2D eigenvalue weighted by molar-refractivity contribution is 0.386. The van der Waals surface area contributed by atoms with Gasteiger partial charge in [-0.2, -0.15) is 0 Å². The molecular weight excluding hydrogens is 194 g/mol. The molecule has 2 heterocycles. The van der Waals surface area contributed by atoms with Gasteiger partial charge < -0.3 is 15.5 Å². The maximum absolute atomic E-state index is 5.96. The first kappa shape index (κ1) is 9.60. The molecule has 0 aliphatic heterocycles. The molecule has 0 bridgehead atoms. The zero-order chi connectivity index (χ0) is 10.7. The van der Waals surface area contributed by atoms with Crippen molar-refractivity contribution in [2.24, 2.45) is 5.73 Å². The average Bonchev–Trinajstić information content (AvgIpc) is 2.81. The summed E-state index contributed by atoms with van der Waals surface area (Å²) < 4.78 is 5.07. The zero-order valence-corrected chi connectivity index (χ0v) is 8.21. The number of nitrogens with two attached hydrogens (primary N) is 1. The number of H-pyrrole nitrogens is 1. The molecule has 0 fully saturated rings. The zero-order valence-electron chi connectivity index (χ0n) is 8.21. The molecule has 0 aliphatic rings. The molecule has 0 aliphatic carbocycles. The van der Waals surface area contributed by atoms with Crippen molar-refractivity contribution in [3.63, 3.8) is 0 Å². The maximum atomic E-state index is 5.96. The van der Waals surface area contributed by atoms with E-state index in [9.17, 15) is 0 Å². The predicted octanol–water partition coefficient (Wildman–Crippen LogP) is 0.256. The molecule has 78 valence electrons. The molecule has 15 heavy (non-hydrogen) atoms. The SMILES string of the molecule is COc1nccnc1C(N)c1ncc[nH]1. The highest BCUT2D eigenvalue weighted by Gasteiger charge is 2.17. The first-order valence-corrected chi connectivity index (χ1v) is 4.42. The Kier molecular flexibility index (Phi) is 2.59. The number of rotatable bonds is 3. The Bertz CT molecular complexity index is 428. The van der Waals surface area contributed by atoms with Crippen LogP contribution in [0.15, 0.2) is 24.8 Å². The average molecular weight is 205 g/mol. The number of ether oxygens (including phenoxy) is 1. The Morgan fingerprint density at radius 3 is 2.73 bits per heavy atom. The molecule has 1 atom stereocenters. The highest BCUT2D eigenvalue weighted by Crippen LogP contribution is 2.21. The fourth-order valence-electron chi connectivity index (χ4n) is 1.28. The monoisotopic (exact) mass is 205 g/mol. The summed E-state index contributed by atoms with van der Waals surface area (Å²) in [6.07, 6.45) is 6.47. The lowest BCUT2D eigenvalue weighted by atomic mass is 10.2. The van der Waals surface area contributed by atoms with Crippen molar-refractivity contribution in [2.45, 2.75) is 6.04 Å². The van der Waals surface area contributed by atoms with Crippen molar-refractivity contribution in [3.8, 4) is 5.88 Å². The van der Waals surface area contributed by atoms with Crippen LogP contribution in [0.4, 0.5) is 0 Å². The summed E-state index contributed by atoms with van der Waals surface area (Å²) in [5.41, 5.74) is 6.53. The van der Waals surface area contributed by atoms with Crippen LogP contribution in [0.3, 0.4) is 0 Å². The van der Waals surface area contributed by atoms with E-state index < -0.39 is 6.04 Å². The summed E-state index contributed by atoms with van der Waals surface area (Å²) in [7, 11) is 1.53. The van der Waals surface area contributed by atoms with Gasteiger partial charge in [-0.15, -0.1) is 0 Å². The molecule has 1 unspecified atom stereocenters. The number of imidazole rings is 1. The van der Waals surface area contributed by atoms with Gasteiger partial charge in [0.1, 0.15) is 17.6 Å². The number of nitrogens with zero attached hydrogens (tertiary/aromatic N) is 3. The van der Waals surface area contributed by atoms with E-state index in [1.54, 1.807) is 24.8 Å². The normalized spacial score (nSPS) is 12.4. The standard InChI is InChI=1S/C9H11N5O/c1-15-9-7(11-2-5-14-9)6(10)8-12-3-4-13-8/h2-6H,10H2,1H3,(H,12,13). The molecule has 6 heteroatoms. The predicted molar refractivity (Wildman–Crippen MR) is 53.2 cm³/mol. The second-order valence-electron chi connectivity index (χ2n) is 2.90. The van der Waals surface area contributed by atoms with Crippen molar-refractivity contribution in [3.05, 3.63) is 36.3 Å². The van der Waals surface area contributed by atoms with Crippen LogP contribution in [0.5, 0.6) is 5.88 Å². The Hall–Kier alpha value is -1.95. The van der Waals surface area contributed by atoms with Crippen molar-refractivity contribution < 1.29 is 4.74 Å². The van der Waals surface area contributed by atoms with Gasteiger partial charge in [-0.3, -0.25) is 4.98 Å². The molecule has 0 amide bonds. The van der Waals surface area contributed by atoms with Crippen molar-refractivity contribution in [2.75, 3.05) is 7.11 Å². The number of hydrogen-bond acceptors (Lipinski definition) is 5. The number of aromatic nitrogens is 4. The molecule has 0 saturated heterocycles. The minimum Gasteiger partial charge on any atom is -0.480 e. The number of hydrogen-bond donors (Lipinski definition) is 2. The van der Waals surface area contributed by atoms with E-state index in [2.05, 4.69) is 19.9 Å². The fraction of sp³-hybridized carbons (Fsp3) is 0.222. The van der Waals surface area contributed by atoms with E-state index in [0.29, 0.717) is 17.4 Å². The fourth-order valence-corrected chi connectivity index (χ4v) is 1.28. The van der Waals surface area contributed by atoms with E-state index in [-0.39, 0.29) is 0 Å². The van der Waals surface area contributed by atoms with E-state index >= 15 is 0 Å². The van der Waals surface area contributed by atoms with Crippen molar-refractivity contribution in [1.82, 2.24) is 19.9 Å². The highest BCUT2D eigenvalue weighted by molar-refractivity contribution is 5.25. The third-order valence-electron chi connectivity index (χ3n) is 1.99. The van der Waals surface area contributed by atoms with E-state index in [0.717, 1.165) is 0 Å². The summed E-state index contributed by atoms with van der Waals surface area (Å²) in [4.78, 5) is 15.1. The molecule has 0 radical (unpaired) electrons. The van der Waals surface area contributed by atoms with E-state index in [1.807, 2.05) is 0 Å². The third-order valence-corrected chi connectivity index (χ3v) is 1.99. The lowest BCUT2D eigenvalue weighted by Gasteiger charge is -2.10. The topological polar surface area (TPSA) is 89.7 Å². The van der Waals surface area contributed by atoms with Crippen LogP contribution in [0.2, 0.25) is 0 Å². The Morgan fingerprint density at radius 1 is 1.27 bits per heavy atom. The van der Waals surface area contributed by atoms with E-state index in [4.69, 9.17) is 10.5 Å². The Labute approximate surface area is 86.5 Å². The molecule has 6 nitrogen and oxygen atoms in total. The quantitative estimate of drug-likeness (QED) is 0.750. The number of aromatic amines is 1. The molecule has 2 aromatic rings. The second kappa shape index (κ2) is 4.05. The van der Waals surface area contributed by atoms with Crippen LogP contribution in [-0.2, 0) is 0 Å². The number of methoxy groups -OCH3 is 1. The summed E-state index contributed by atoms with van der Waals surface area (Å²) >= 11 is 0. The largest absolute Gasteiger partial charge is 0.480 e. The van der Waals surface area contributed by atoms with Gasteiger partial charge in [0.2, 0.25) is 5.88 Å². The lowest BCUT2D eigenvalue weighted by Crippen LogP contribution is -2.16. The molecule has 2 aromatic heterocycles. The van der Waals surface area contributed by atoms with Crippen LogP contribution < -0.4 is 10.5 Å². The van der Waals surface area contributed by atoms with Crippen molar-refractivity contribution >= 4 is 0 Å². The van der Waals surface area contributed by atoms with Gasteiger partial charge in [0.15, 0.2) is 0 Å². The van der Waals surface area contributed by atoms with Crippen LogP contribution in [0.25, 0.3) is 0 Å². The minimum absolute atomic E-state index is 0.418. The maximum Gasteiger partial charge on any atom is 0.237 e. The van der Waals surface area contributed by atoms with Gasteiger partial charge in [0.25, 0.3) is 0 Å². The molecule has 0 spiro atoms. The van der Waals surface area contributed by atoms with Gasteiger partial charge in [-0.25, -0.2) is 9.97 Å². The van der Waals surface area contributed by atoms with Gasteiger partial charge in [-0.1, -0.05) is 0 Å². The Morgan fingerprint density at radius 2 is 2.07 bits per heavy atom. The highest BCUT2D eigenvalue weighted by atomic mass is 16.5. The first-order valence-electron chi connectivity index (χ1n) is 4.42. The van der Waals surface area contributed by atoms with Gasteiger partial charge in [-0.05, 0) is 0 Å². The van der Waals surface area contributed by atoms with Crippen LogP contribution in [0.1, 0.15) is 17.6 Å². The minimum atomic E-state index is -0.455. The molecule has 2 rings (SSSR count). The Balaban J connectivity index is 2.37. The van der Waals surface area contributed by atoms with E-state index in [1.165, 1.54) is 7.11 Å². The number of nitrogens with one attached hydrogen (secondary N) is 1. The molecule has 0 saturated carbocycles. The molecule has 3 N–H and O–H groups in total. The molecular formula is C9H11N5O. The van der Waals surface area contributed by atoms with Crippen LogP contribution in [0, 0.1) is 0 Å². The summed E-state index contributed by atoms with van der Waals surface area (Å²) in [5, 5.41) is 0. The summed E-state index contributed by atoms with van der Waals surface area (Å²) in [5.74, 6) is 1.05. The van der Waals surface area contributed by atoms with Crippen LogP contribution >= 0.6 is 0 Å². The van der Waals surface area contributed by atoms with Crippen molar-refractivity contribution in [1.29, 1.82) is 0 Å². The first-order chi connectivity index (χ1) is 7.33. The smallest absolute Gasteiger partial charge is 0.237 e. The van der Waals surface area contributed by atoms with Gasteiger partial charge in [0, 0.05) is 24.8 Å². The summed E-state index contributed by atoms with van der Waals surface area (Å²) in [6.45, 7) is 0. The third kappa shape index (κ3) is 1.79. The van der Waals surface area contributed by atoms with Gasteiger partial charge >= 0.3 is 0 Å². The molecule has 0 aromatic carbocycles. The van der Waals surface area contributed by atoms with Crippen LogP contribution in [-0.4, -0.2) is 27.0 Å².